The summed E-state index contributed by atoms with van der Waals surface area (Å²) in [5.41, 5.74) is 4.59. The second kappa shape index (κ2) is 9.36. The molecule has 4 aromatic carbocycles. The quantitative estimate of drug-likeness (QED) is 0.235. The molecule has 174 valence electrons. The molecular formula is C31H24N4S. The van der Waals surface area contributed by atoms with Crippen LogP contribution in [0.4, 0.5) is 0 Å². The number of aryl methyl sites for hydroxylation is 1. The van der Waals surface area contributed by atoms with E-state index >= 15 is 0 Å². The van der Waals surface area contributed by atoms with E-state index in [1.54, 1.807) is 11.3 Å². The summed E-state index contributed by atoms with van der Waals surface area (Å²) in [7, 11) is 0. The van der Waals surface area contributed by atoms with Gasteiger partial charge in [-0.1, -0.05) is 115 Å². The first-order valence-corrected chi connectivity index (χ1v) is 12.7. The van der Waals surface area contributed by atoms with E-state index in [0.29, 0.717) is 5.82 Å². The van der Waals surface area contributed by atoms with Crippen LogP contribution in [0.2, 0.25) is 0 Å². The number of tetrazole rings is 1. The summed E-state index contributed by atoms with van der Waals surface area (Å²) in [4.78, 5) is 2.47. The normalized spacial score (nSPS) is 11.5. The maximum Gasteiger partial charge on any atom is 0.184 e. The van der Waals surface area contributed by atoms with Crippen molar-refractivity contribution in [1.29, 1.82) is 0 Å². The molecule has 0 spiro atoms. The van der Waals surface area contributed by atoms with E-state index in [1.807, 2.05) is 28.9 Å². The molecule has 4 nitrogen and oxygen atoms in total. The van der Waals surface area contributed by atoms with Crippen molar-refractivity contribution in [3.05, 3.63) is 149 Å². The highest BCUT2D eigenvalue weighted by Gasteiger charge is 2.42. The Labute approximate surface area is 214 Å². The van der Waals surface area contributed by atoms with E-state index in [0.717, 1.165) is 27.8 Å². The highest BCUT2D eigenvalue weighted by atomic mass is 32.1. The van der Waals surface area contributed by atoms with Crippen LogP contribution in [0.5, 0.6) is 0 Å². The summed E-state index contributed by atoms with van der Waals surface area (Å²) < 4.78 is 1.99. The lowest BCUT2D eigenvalue weighted by Gasteiger charge is -2.36. The maximum atomic E-state index is 4.69. The van der Waals surface area contributed by atoms with Crippen molar-refractivity contribution >= 4 is 11.3 Å². The van der Waals surface area contributed by atoms with Crippen molar-refractivity contribution in [2.24, 2.45) is 0 Å². The van der Waals surface area contributed by atoms with Gasteiger partial charge >= 0.3 is 0 Å². The Kier molecular flexibility index (Phi) is 5.76. The number of hydrogen-bond acceptors (Lipinski definition) is 4. The van der Waals surface area contributed by atoms with E-state index < -0.39 is 5.54 Å². The molecule has 0 N–H and O–H groups in total. The minimum Gasteiger partial charge on any atom is -0.205 e. The minimum absolute atomic E-state index is 0.716. The van der Waals surface area contributed by atoms with Gasteiger partial charge in [0.05, 0.1) is 0 Å². The van der Waals surface area contributed by atoms with Gasteiger partial charge in [-0.05, 0) is 46.2 Å². The molecule has 0 fully saturated rings. The van der Waals surface area contributed by atoms with Crippen LogP contribution >= 0.6 is 11.3 Å². The van der Waals surface area contributed by atoms with Gasteiger partial charge in [-0.25, -0.2) is 4.68 Å². The van der Waals surface area contributed by atoms with Crippen LogP contribution in [-0.2, 0) is 5.54 Å². The van der Waals surface area contributed by atoms with Crippen LogP contribution in [0.3, 0.4) is 0 Å². The number of hydrogen-bond donors (Lipinski definition) is 0. The second-order valence-electron chi connectivity index (χ2n) is 8.68. The third-order valence-electron chi connectivity index (χ3n) is 6.54. The summed E-state index contributed by atoms with van der Waals surface area (Å²) in [5, 5.41) is 13.6. The second-order valence-corrected chi connectivity index (χ2v) is 9.97. The molecule has 6 rings (SSSR count). The van der Waals surface area contributed by atoms with Crippen molar-refractivity contribution in [3.63, 3.8) is 0 Å². The number of aromatic nitrogens is 4. The zero-order valence-electron chi connectivity index (χ0n) is 19.8. The van der Waals surface area contributed by atoms with Gasteiger partial charge in [0.15, 0.2) is 5.82 Å². The number of rotatable bonds is 6. The predicted octanol–water partition coefficient (Wildman–Crippen LogP) is 7.22. The van der Waals surface area contributed by atoms with Crippen molar-refractivity contribution in [2.45, 2.75) is 12.5 Å². The molecule has 0 saturated heterocycles. The monoisotopic (exact) mass is 484 g/mol. The Morgan fingerprint density at radius 2 is 1.08 bits per heavy atom. The van der Waals surface area contributed by atoms with Crippen LogP contribution in [0, 0.1) is 6.92 Å². The molecule has 5 heteroatoms. The summed E-state index contributed by atoms with van der Waals surface area (Å²) in [5.74, 6) is 0.716. The fourth-order valence-corrected chi connectivity index (χ4v) is 5.87. The van der Waals surface area contributed by atoms with Gasteiger partial charge in [-0.2, -0.15) is 0 Å². The van der Waals surface area contributed by atoms with Crippen molar-refractivity contribution in [1.82, 2.24) is 20.2 Å². The molecule has 0 saturated carbocycles. The number of nitrogens with zero attached hydrogens (tertiary/aromatic N) is 4. The van der Waals surface area contributed by atoms with Crippen molar-refractivity contribution < 1.29 is 0 Å². The van der Waals surface area contributed by atoms with E-state index in [9.17, 15) is 0 Å². The Morgan fingerprint density at radius 1 is 0.583 bits per heavy atom. The fraction of sp³-hybridized carbons (Fsp3) is 0.0645. The third kappa shape index (κ3) is 3.65. The Balaban J connectivity index is 1.70. The minimum atomic E-state index is -0.777. The molecule has 2 aromatic heterocycles. The highest BCUT2D eigenvalue weighted by Crippen LogP contribution is 2.43. The van der Waals surface area contributed by atoms with E-state index in [-0.39, 0.29) is 0 Å². The van der Waals surface area contributed by atoms with Crippen LogP contribution in [0.15, 0.2) is 127 Å². The molecule has 2 heterocycles. The molecule has 0 aliphatic rings. The highest BCUT2D eigenvalue weighted by molar-refractivity contribution is 7.15. The molecule has 36 heavy (non-hydrogen) atoms. The molecule has 0 aliphatic heterocycles. The average Bonchev–Trinajstić information content (AvgIpc) is 3.61. The van der Waals surface area contributed by atoms with Gasteiger partial charge in [0.2, 0.25) is 0 Å². The van der Waals surface area contributed by atoms with E-state index in [4.69, 9.17) is 5.21 Å². The summed E-state index contributed by atoms with van der Waals surface area (Å²) in [6.45, 7) is 2.13. The Hall–Kier alpha value is -4.35. The zero-order valence-corrected chi connectivity index (χ0v) is 20.6. The van der Waals surface area contributed by atoms with Crippen LogP contribution in [0.25, 0.3) is 21.8 Å². The number of benzene rings is 4. The Bertz CT molecular complexity index is 1490. The first-order chi connectivity index (χ1) is 17.8. The summed E-state index contributed by atoms with van der Waals surface area (Å²) in [6, 6.07) is 44.2. The summed E-state index contributed by atoms with van der Waals surface area (Å²) >= 11 is 1.78. The Morgan fingerprint density at radius 3 is 1.58 bits per heavy atom. The first-order valence-electron chi connectivity index (χ1n) is 11.9. The van der Waals surface area contributed by atoms with Crippen LogP contribution in [-0.4, -0.2) is 20.2 Å². The molecule has 0 amide bonds. The SMILES string of the molecule is Cc1ccc(-c2ccccc2-c2nnnn2C(c2ccccc2)(c2ccccc2)c2ccccc2)s1. The van der Waals surface area contributed by atoms with Gasteiger partial charge in [-0.15, -0.1) is 16.4 Å². The molecule has 0 aliphatic carbocycles. The molecule has 0 atom stereocenters. The van der Waals surface area contributed by atoms with Crippen molar-refractivity contribution in [3.8, 4) is 21.8 Å². The molecule has 0 radical (unpaired) electrons. The molecule has 6 aromatic rings. The third-order valence-corrected chi connectivity index (χ3v) is 7.57. The largest absolute Gasteiger partial charge is 0.205 e. The zero-order chi connectivity index (χ0) is 24.4. The lowest BCUT2D eigenvalue weighted by molar-refractivity contribution is 0.451. The maximum absolute atomic E-state index is 4.69. The fourth-order valence-electron chi connectivity index (χ4n) is 4.96. The standard InChI is InChI=1S/C31H24N4S/c1-23-21-22-29(36-23)27-19-11-12-20-28(27)30-32-33-34-35(30)31(24-13-5-2-6-14-24,25-15-7-3-8-16-25)26-17-9-4-10-18-26/h2-22H,1H3. The first kappa shape index (κ1) is 22.1. The van der Waals surface area contributed by atoms with Gasteiger partial charge in [0.25, 0.3) is 0 Å². The molecular weight excluding hydrogens is 460 g/mol. The number of thiophene rings is 1. The topological polar surface area (TPSA) is 43.6 Å². The molecule has 0 unspecified atom stereocenters. The van der Waals surface area contributed by atoms with E-state index in [1.165, 1.54) is 9.75 Å². The van der Waals surface area contributed by atoms with Crippen LogP contribution in [0.1, 0.15) is 21.6 Å². The lowest BCUT2D eigenvalue weighted by Crippen LogP contribution is -2.39. The van der Waals surface area contributed by atoms with Gasteiger partial charge < -0.3 is 0 Å². The van der Waals surface area contributed by atoms with Crippen molar-refractivity contribution in [2.75, 3.05) is 0 Å². The van der Waals surface area contributed by atoms with Crippen LogP contribution < -0.4 is 0 Å². The van der Waals surface area contributed by atoms with Gasteiger partial charge in [0, 0.05) is 20.9 Å². The average molecular weight is 485 g/mol. The smallest absolute Gasteiger partial charge is 0.184 e. The van der Waals surface area contributed by atoms with Gasteiger partial charge in [0.1, 0.15) is 5.54 Å². The van der Waals surface area contributed by atoms with Gasteiger partial charge in [-0.3, -0.25) is 0 Å². The molecule has 0 bridgehead atoms. The predicted molar refractivity (Wildman–Crippen MR) is 146 cm³/mol. The van der Waals surface area contributed by atoms with E-state index in [2.05, 4.69) is 120 Å². The summed E-state index contributed by atoms with van der Waals surface area (Å²) in [6.07, 6.45) is 0. The lowest BCUT2D eigenvalue weighted by atomic mass is 9.77.